The van der Waals surface area contributed by atoms with Crippen LogP contribution in [0.15, 0.2) is 18.3 Å². The zero-order valence-corrected chi connectivity index (χ0v) is 28.1. The Morgan fingerprint density at radius 3 is 2.20 bits per heavy atom. The lowest BCUT2D eigenvalue weighted by atomic mass is 9.82. The van der Waals surface area contributed by atoms with Gasteiger partial charge in [-0.1, -0.05) is 47.5 Å². The number of hydrogen-bond acceptors (Lipinski definition) is 7. The highest BCUT2D eigenvalue weighted by Gasteiger charge is 2.37. The average molecular weight is 637 g/mol. The summed E-state index contributed by atoms with van der Waals surface area (Å²) in [5, 5.41) is 23.5. The van der Waals surface area contributed by atoms with E-state index in [-0.39, 0.29) is 50.2 Å². The first kappa shape index (κ1) is 38.6. The number of pyridine rings is 1. The van der Waals surface area contributed by atoms with Crippen LogP contribution in [0.1, 0.15) is 82.0 Å². The van der Waals surface area contributed by atoms with E-state index in [1.54, 1.807) is 19.9 Å². The Hall–Kier alpha value is -3.39. The second kappa shape index (κ2) is 19.1. The van der Waals surface area contributed by atoms with E-state index < -0.39 is 16.8 Å². The molecule has 2 saturated heterocycles. The van der Waals surface area contributed by atoms with Gasteiger partial charge in [-0.15, -0.1) is 11.6 Å². The second-order valence-electron chi connectivity index (χ2n) is 12.2. The van der Waals surface area contributed by atoms with Crippen molar-refractivity contribution >= 4 is 41.6 Å². The summed E-state index contributed by atoms with van der Waals surface area (Å²) in [6.45, 7) is 15.7. The van der Waals surface area contributed by atoms with Crippen LogP contribution >= 0.6 is 11.6 Å². The molecule has 248 valence electrons. The zero-order chi connectivity index (χ0) is 33.4. The van der Waals surface area contributed by atoms with Gasteiger partial charge >= 0.3 is 0 Å². The van der Waals surface area contributed by atoms with Crippen LogP contribution in [-0.4, -0.2) is 81.1 Å². The topological polar surface area (TPSA) is 156 Å². The van der Waals surface area contributed by atoms with Crippen LogP contribution in [0.2, 0.25) is 0 Å². The fourth-order valence-corrected chi connectivity index (χ4v) is 5.16. The summed E-state index contributed by atoms with van der Waals surface area (Å²) < 4.78 is 0. The van der Waals surface area contributed by atoms with Crippen molar-refractivity contribution in [2.75, 3.05) is 31.5 Å². The van der Waals surface area contributed by atoms with Crippen molar-refractivity contribution in [3.8, 4) is 11.8 Å². The number of carbonyl (C=O) groups is 4. The van der Waals surface area contributed by atoms with Gasteiger partial charge in [0.1, 0.15) is 10.9 Å². The van der Waals surface area contributed by atoms with Crippen molar-refractivity contribution in [3.05, 3.63) is 18.3 Å². The lowest BCUT2D eigenvalue weighted by Crippen LogP contribution is -2.44. The quantitative estimate of drug-likeness (QED) is 0.299. The summed E-state index contributed by atoms with van der Waals surface area (Å²) in [7, 11) is 0. The monoisotopic (exact) mass is 636 g/mol. The summed E-state index contributed by atoms with van der Waals surface area (Å²) in [6.07, 6.45) is 7.37. The predicted molar refractivity (Wildman–Crippen MR) is 174 cm³/mol. The molecule has 3 heterocycles. The Morgan fingerprint density at radius 1 is 1.18 bits per heavy atom. The Bertz CT molecular complexity index is 1110. The Morgan fingerprint density at radius 2 is 1.75 bits per heavy atom. The summed E-state index contributed by atoms with van der Waals surface area (Å²) in [4.78, 5) is 52.5. The number of nitriles is 1. The fraction of sp³-hybridized carbons (Fsp3) is 0.688. The van der Waals surface area contributed by atoms with Crippen molar-refractivity contribution in [2.24, 2.45) is 23.7 Å². The van der Waals surface area contributed by atoms with E-state index in [2.05, 4.69) is 36.4 Å². The number of aromatic hydroxyl groups is 1. The summed E-state index contributed by atoms with van der Waals surface area (Å²) in [5.74, 6) is 1.02. The standard InChI is InChI=1S/C14H23ClN2O2.C12H12N4O3.C4H10.C2H6.H2/c1-14(2,15)13(19)16-7-12(18)17-8-10-5-3-4-6-11(10)9-17;13-5-9-4-8(6-16(9)7-17)12(19)15-11-10(18)2-1-3-14-11;1-4(2)3;1-2;/h10-11H,3-9H2,1-2H3,(H,16,19);1-3,7-9,18H,4,6H2,(H,14,15,19);4H,1-3H3;1-2H3;1H/t;8?,9-;;;/m.0.../s1. The van der Waals surface area contributed by atoms with Gasteiger partial charge in [0.25, 0.3) is 0 Å². The van der Waals surface area contributed by atoms with Gasteiger partial charge in [-0.3, -0.25) is 19.2 Å². The van der Waals surface area contributed by atoms with Crippen LogP contribution in [0, 0.1) is 35.0 Å². The van der Waals surface area contributed by atoms with Crippen molar-refractivity contribution in [1.29, 1.82) is 5.26 Å². The molecule has 3 aliphatic rings. The molecular formula is C32H53ClN6O5. The largest absolute Gasteiger partial charge is 0.504 e. The van der Waals surface area contributed by atoms with Gasteiger partial charge in [-0.05, 0) is 63.0 Å². The van der Waals surface area contributed by atoms with E-state index in [9.17, 15) is 24.3 Å². The van der Waals surface area contributed by atoms with Crippen LogP contribution < -0.4 is 10.6 Å². The number of amides is 4. The highest BCUT2D eigenvalue weighted by molar-refractivity contribution is 6.34. The molecular weight excluding hydrogens is 584 g/mol. The second-order valence-corrected chi connectivity index (χ2v) is 13.2. The maximum atomic E-state index is 12.1. The van der Waals surface area contributed by atoms with Gasteiger partial charge in [-0.2, -0.15) is 5.26 Å². The lowest BCUT2D eigenvalue weighted by Gasteiger charge is -2.22. The molecule has 4 rings (SSSR count). The number of aromatic nitrogens is 1. The molecule has 3 fully saturated rings. The molecule has 0 spiro atoms. The third kappa shape index (κ3) is 12.7. The summed E-state index contributed by atoms with van der Waals surface area (Å²) in [6, 6.07) is 4.35. The van der Waals surface area contributed by atoms with Crippen molar-refractivity contribution in [2.45, 2.75) is 91.5 Å². The molecule has 4 amide bonds. The number of fused-ring (bicyclic) bond motifs is 1. The molecule has 1 aromatic heterocycles. The molecule has 44 heavy (non-hydrogen) atoms. The van der Waals surface area contributed by atoms with Gasteiger partial charge in [0.15, 0.2) is 11.6 Å². The Labute approximate surface area is 269 Å². The number of hydrogen-bond donors (Lipinski definition) is 3. The summed E-state index contributed by atoms with van der Waals surface area (Å²) in [5.41, 5.74) is 0. The van der Waals surface area contributed by atoms with Gasteiger partial charge in [0.2, 0.25) is 24.1 Å². The molecule has 12 heteroatoms. The fourth-order valence-electron chi connectivity index (χ4n) is 5.09. The number of likely N-dealkylation sites (tertiary alicyclic amines) is 2. The Balaban J connectivity index is 0.000000719. The number of nitrogens with zero attached hydrogens (tertiary/aromatic N) is 4. The maximum Gasteiger partial charge on any atom is 0.241 e. The number of alkyl halides is 1. The van der Waals surface area contributed by atoms with Gasteiger partial charge in [0.05, 0.1) is 18.5 Å². The molecule has 1 aromatic rings. The van der Waals surface area contributed by atoms with E-state index in [0.717, 1.165) is 19.0 Å². The molecule has 1 aliphatic carbocycles. The molecule has 2 aliphatic heterocycles. The number of anilines is 1. The predicted octanol–water partition coefficient (Wildman–Crippen LogP) is 4.80. The molecule has 11 nitrogen and oxygen atoms in total. The molecule has 3 unspecified atom stereocenters. The minimum Gasteiger partial charge on any atom is -0.504 e. The van der Waals surface area contributed by atoms with Gasteiger partial charge < -0.3 is 25.5 Å². The Kier molecular flexibility index (Phi) is 16.8. The zero-order valence-electron chi connectivity index (χ0n) is 27.3. The number of carbonyl (C=O) groups excluding carboxylic acids is 4. The molecule has 4 atom stereocenters. The molecule has 0 radical (unpaired) electrons. The number of nitrogens with one attached hydrogen (secondary N) is 2. The maximum absolute atomic E-state index is 12.1. The first-order valence-electron chi connectivity index (χ1n) is 15.6. The van der Waals surface area contributed by atoms with Crippen LogP contribution in [0.3, 0.4) is 0 Å². The van der Waals surface area contributed by atoms with E-state index in [1.807, 2.05) is 24.8 Å². The van der Waals surface area contributed by atoms with Crippen molar-refractivity contribution < 1.29 is 25.7 Å². The van der Waals surface area contributed by atoms with Crippen LogP contribution in [0.5, 0.6) is 5.75 Å². The number of rotatable bonds is 6. The smallest absolute Gasteiger partial charge is 0.241 e. The highest BCUT2D eigenvalue weighted by Crippen LogP contribution is 2.36. The molecule has 0 bridgehead atoms. The average Bonchev–Trinajstić information content (AvgIpc) is 3.62. The van der Waals surface area contributed by atoms with E-state index >= 15 is 0 Å². The van der Waals surface area contributed by atoms with E-state index in [0.29, 0.717) is 18.2 Å². The third-order valence-corrected chi connectivity index (χ3v) is 7.46. The number of halogens is 1. The van der Waals surface area contributed by atoms with Crippen molar-refractivity contribution in [1.82, 2.24) is 20.1 Å². The van der Waals surface area contributed by atoms with Crippen LogP contribution in [-0.2, 0) is 19.2 Å². The van der Waals surface area contributed by atoms with E-state index in [1.165, 1.54) is 42.8 Å². The van der Waals surface area contributed by atoms with Gasteiger partial charge in [0, 0.05) is 27.3 Å². The van der Waals surface area contributed by atoms with Crippen molar-refractivity contribution in [3.63, 3.8) is 0 Å². The highest BCUT2D eigenvalue weighted by atomic mass is 35.5. The lowest BCUT2D eigenvalue weighted by molar-refractivity contribution is -0.132. The third-order valence-electron chi connectivity index (χ3n) is 7.29. The van der Waals surface area contributed by atoms with Crippen LogP contribution in [0.25, 0.3) is 0 Å². The van der Waals surface area contributed by atoms with E-state index in [4.69, 9.17) is 16.9 Å². The van der Waals surface area contributed by atoms with Gasteiger partial charge in [-0.25, -0.2) is 4.98 Å². The molecule has 0 aromatic carbocycles. The molecule has 1 saturated carbocycles. The minimum atomic E-state index is -0.959. The minimum absolute atomic E-state index is 0. The first-order chi connectivity index (χ1) is 20.8. The first-order valence-corrected chi connectivity index (χ1v) is 15.9. The normalized spacial score (nSPS) is 22.0. The SMILES string of the molecule is CC.CC(C)(Cl)C(=O)NCC(=O)N1CC2CCCCC2C1.CC(C)C.N#C[C@@H]1CC(C(=O)Nc2ncccc2O)CN1C=O.[HH]. The molecule has 3 N–H and O–H groups in total. The van der Waals surface area contributed by atoms with Crippen LogP contribution in [0.4, 0.5) is 5.82 Å². The summed E-state index contributed by atoms with van der Waals surface area (Å²) >= 11 is 5.89.